The molecule has 1 N–H and O–H groups in total. The fraction of sp³-hybridized carbons (Fsp3) is 0.375. The summed E-state index contributed by atoms with van der Waals surface area (Å²) in [4.78, 5) is 3.73. The molecule has 0 saturated carbocycles. The van der Waals surface area contributed by atoms with E-state index >= 15 is 0 Å². The molecule has 92 valence electrons. The van der Waals surface area contributed by atoms with Gasteiger partial charge in [0, 0.05) is 0 Å². The van der Waals surface area contributed by atoms with Gasteiger partial charge in [-0.1, -0.05) is 11.6 Å². The number of alkyl halides is 3. The maximum atomic E-state index is 12.3. The zero-order valence-electron chi connectivity index (χ0n) is 8.59. The highest BCUT2D eigenvalue weighted by atomic mass is 35.5. The molecule has 0 aliphatic carbocycles. The van der Waals surface area contributed by atoms with Crippen LogP contribution in [0.15, 0.2) is 6.33 Å². The first-order valence-electron chi connectivity index (χ1n) is 4.54. The molecule has 0 aliphatic rings. The number of nitrogens with zero attached hydrogens (tertiary/aromatic N) is 4. The summed E-state index contributed by atoms with van der Waals surface area (Å²) in [6.07, 6.45) is -3.35. The van der Waals surface area contributed by atoms with Gasteiger partial charge >= 0.3 is 6.18 Å². The third-order valence-corrected chi connectivity index (χ3v) is 2.49. The standard InChI is InChI=1S/C8H7ClF3N5/c1-4-5(9)6(16-15-4)7-13-3-14-17(7)2-8(10,11)12/h3H,2H2,1H3,(H,15,16). The van der Waals surface area contributed by atoms with Gasteiger partial charge in [0.05, 0.1) is 10.7 Å². The number of hydrogen-bond donors (Lipinski definition) is 1. The summed E-state index contributed by atoms with van der Waals surface area (Å²) in [6, 6.07) is 0. The maximum absolute atomic E-state index is 12.3. The van der Waals surface area contributed by atoms with Gasteiger partial charge in [-0.05, 0) is 6.92 Å². The minimum Gasteiger partial charge on any atom is -0.281 e. The highest BCUT2D eigenvalue weighted by Crippen LogP contribution is 2.27. The van der Waals surface area contributed by atoms with E-state index in [1.807, 2.05) is 0 Å². The Morgan fingerprint density at radius 3 is 2.71 bits per heavy atom. The largest absolute Gasteiger partial charge is 0.408 e. The molecule has 0 unspecified atom stereocenters. The molecule has 0 fully saturated rings. The second-order valence-corrected chi connectivity index (χ2v) is 3.75. The Bertz CT molecular complexity index is 529. The van der Waals surface area contributed by atoms with E-state index in [1.54, 1.807) is 6.92 Å². The summed E-state index contributed by atoms with van der Waals surface area (Å²) in [7, 11) is 0. The van der Waals surface area contributed by atoms with Crippen molar-refractivity contribution in [1.29, 1.82) is 0 Å². The molecule has 9 heteroatoms. The van der Waals surface area contributed by atoms with Crippen molar-refractivity contribution in [3.05, 3.63) is 17.0 Å². The van der Waals surface area contributed by atoms with E-state index in [1.165, 1.54) is 0 Å². The van der Waals surface area contributed by atoms with Gasteiger partial charge in [-0.2, -0.15) is 23.4 Å². The van der Waals surface area contributed by atoms with Crippen LogP contribution in [0.1, 0.15) is 5.69 Å². The molecule has 0 atom stereocenters. The van der Waals surface area contributed by atoms with Crippen molar-refractivity contribution in [2.45, 2.75) is 19.6 Å². The number of hydrogen-bond acceptors (Lipinski definition) is 3. The minimum absolute atomic E-state index is 0.0170. The van der Waals surface area contributed by atoms with Crippen LogP contribution < -0.4 is 0 Å². The van der Waals surface area contributed by atoms with Crippen molar-refractivity contribution in [3.63, 3.8) is 0 Å². The quantitative estimate of drug-likeness (QED) is 0.905. The summed E-state index contributed by atoms with van der Waals surface area (Å²) in [5.41, 5.74) is 0.717. The van der Waals surface area contributed by atoms with Crippen LogP contribution in [-0.4, -0.2) is 31.1 Å². The lowest BCUT2D eigenvalue weighted by Crippen LogP contribution is -2.19. The van der Waals surface area contributed by atoms with Gasteiger partial charge in [-0.15, -0.1) is 0 Å². The average molecular weight is 266 g/mol. The van der Waals surface area contributed by atoms with E-state index in [2.05, 4.69) is 20.3 Å². The number of aromatic amines is 1. The van der Waals surface area contributed by atoms with Crippen LogP contribution in [-0.2, 0) is 6.54 Å². The van der Waals surface area contributed by atoms with E-state index in [9.17, 15) is 13.2 Å². The maximum Gasteiger partial charge on any atom is 0.408 e. The third kappa shape index (κ3) is 2.41. The molecule has 0 bridgehead atoms. The van der Waals surface area contributed by atoms with Gasteiger partial charge in [-0.25, -0.2) is 9.67 Å². The molecule has 0 spiro atoms. The molecule has 0 aliphatic heterocycles. The van der Waals surface area contributed by atoms with E-state index < -0.39 is 12.7 Å². The Kier molecular flexibility index (Phi) is 2.82. The molecule has 2 heterocycles. The highest BCUT2D eigenvalue weighted by molar-refractivity contribution is 6.33. The van der Waals surface area contributed by atoms with Crippen LogP contribution in [0.5, 0.6) is 0 Å². The fourth-order valence-corrected chi connectivity index (χ4v) is 1.47. The molecule has 0 aromatic carbocycles. The molecule has 2 rings (SSSR count). The van der Waals surface area contributed by atoms with Gasteiger partial charge in [0.15, 0.2) is 5.82 Å². The number of nitrogens with one attached hydrogen (secondary N) is 1. The van der Waals surface area contributed by atoms with Gasteiger partial charge < -0.3 is 0 Å². The monoisotopic (exact) mass is 265 g/mol. The van der Waals surface area contributed by atoms with E-state index in [0.717, 1.165) is 6.33 Å². The Labute approximate surface area is 98.6 Å². The first-order valence-corrected chi connectivity index (χ1v) is 4.91. The number of H-pyrrole nitrogens is 1. The lowest BCUT2D eigenvalue weighted by Gasteiger charge is -2.07. The van der Waals surface area contributed by atoms with Crippen molar-refractivity contribution >= 4 is 11.6 Å². The normalized spacial score (nSPS) is 12.1. The van der Waals surface area contributed by atoms with Crippen molar-refractivity contribution in [3.8, 4) is 11.5 Å². The molecule has 5 nitrogen and oxygen atoms in total. The van der Waals surface area contributed by atoms with Gasteiger partial charge in [-0.3, -0.25) is 5.10 Å². The Balaban J connectivity index is 2.41. The molecule has 17 heavy (non-hydrogen) atoms. The van der Waals surface area contributed by atoms with E-state index in [0.29, 0.717) is 10.4 Å². The van der Waals surface area contributed by atoms with Gasteiger partial charge in [0.25, 0.3) is 0 Å². The van der Waals surface area contributed by atoms with Crippen LogP contribution in [0.4, 0.5) is 13.2 Å². The summed E-state index contributed by atoms with van der Waals surface area (Å²) in [5.74, 6) is -0.0170. The van der Waals surface area contributed by atoms with Crippen molar-refractivity contribution in [2.24, 2.45) is 0 Å². The SMILES string of the molecule is Cc1[nH]nc(-c2ncnn2CC(F)(F)F)c1Cl. The molecular formula is C8H7ClF3N5. The molecule has 0 saturated heterocycles. The second kappa shape index (κ2) is 4.02. The smallest absolute Gasteiger partial charge is 0.281 e. The molecule has 2 aromatic heterocycles. The highest BCUT2D eigenvalue weighted by Gasteiger charge is 2.30. The third-order valence-electron chi connectivity index (χ3n) is 2.03. The average Bonchev–Trinajstić information content (AvgIpc) is 2.74. The molecule has 0 radical (unpaired) electrons. The number of rotatable bonds is 2. The predicted octanol–water partition coefficient (Wildman–Crippen LogP) is 2.19. The topological polar surface area (TPSA) is 59.4 Å². The first-order chi connectivity index (χ1) is 7.88. The second-order valence-electron chi connectivity index (χ2n) is 3.37. The lowest BCUT2D eigenvalue weighted by molar-refractivity contribution is -0.142. The molecule has 2 aromatic rings. The Hall–Kier alpha value is -1.57. The number of halogens is 4. The van der Waals surface area contributed by atoms with Crippen molar-refractivity contribution in [2.75, 3.05) is 0 Å². The van der Waals surface area contributed by atoms with E-state index in [4.69, 9.17) is 11.6 Å². The fourth-order valence-electron chi connectivity index (χ4n) is 1.30. The Morgan fingerprint density at radius 1 is 1.47 bits per heavy atom. The van der Waals surface area contributed by atoms with Crippen LogP contribution in [0.3, 0.4) is 0 Å². The van der Waals surface area contributed by atoms with Crippen LogP contribution >= 0.6 is 11.6 Å². The van der Waals surface area contributed by atoms with Crippen LogP contribution in [0.2, 0.25) is 5.02 Å². The van der Waals surface area contributed by atoms with Crippen LogP contribution in [0.25, 0.3) is 11.5 Å². The number of aryl methyl sites for hydroxylation is 1. The minimum atomic E-state index is -4.37. The molecule has 0 amide bonds. The first kappa shape index (κ1) is 11.9. The van der Waals surface area contributed by atoms with Crippen LogP contribution in [0, 0.1) is 6.92 Å². The van der Waals surface area contributed by atoms with E-state index in [-0.39, 0.29) is 16.5 Å². The predicted molar refractivity (Wildman–Crippen MR) is 53.4 cm³/mol. The number of aromatic nitrogens is 5. The van der Waals surface area contributed by atoms with Crippen molar-refractivity contribution < 1.29 is 13.2 Å². The van der Waals surface area contributed by atoms with Gasteiger partial charge in [0.2, 0.25) is 0 Å². The summed E-state index contributed by atoms with van der Waals surface area (Å²) < 4.78 is 37.5. The molecular weight excluding hydrogens is 259 g/mol. The zero-order chi connectivity index (χ0) is 12.6. The van der Waals surface area contributed by atoms with Gasteiger partial charge in [0.1, 0.15) is 18.6 Å². The lowest BCUT2D eigenvalue weighted by atomic mass is 10.3. The summed E-state index contributed by atoms with van der Waals surface area (Å²) in [5, 5.41) is 10.1. The zero-order valence-corrected chi connectivity index (χ0v) is 9.34. The van der Waals surface area contributed by atoms with Crippen molar-refractivity contribution in [1.82, 2.24) is 25.0 Å². The Morgan fingerprint density at radius 2 is 2.18 bits per heavy atom. The summed E-state index contributed by atoms with van der Waals surface area (Å²) >= 11 is 5.89. The summed E-state index contributed by atoms with van der Waals surface area (Å²) in [6.45, 7) is 0.424.